The Balaban J connectivity index is 1.54. The van der Waals surface area contributed by atoms with Crippen LogP contribution in [0.5, 0.6) is 0 Å². The van der Waals surface area contributed by atoms with Crippen molar-refractivity contribution in [3.8, 4) is 0 Å². The van der Waals surface area contributed by atoms with Crippen molar-refractivity contribution < 1.29 is 4.79 Å². The molecule has 26 heavy (non-hydrogen) atoms. The number of rotatable bonds is 7. The SMILES string of the molecule is CC(C)Cc1ccc(C(C)NC(=O)CN2CCCC2c2ccc[nH]2)cc1. The average molecular weight is 354 g/mol. The lowest BCUT2D eigenvalue weighted by Crippen LogP contribution is -2.38. The Hall–Kier alpha value is -2.07. The van der Waals surface area contributed by atoms with Gasteiger partial charge in [-0.15, -0.1) is 0 Å². The predicted octanol–water partition coefficient (Wildman–Crippen LogP) is 4.23. The molecule has 2 N–H and O–H groups in total. The van der Waals surface area contributed by atoms with Crippen molar-refractivity contribution in [2.45, 2.75) is 52.1 Å². The van der Waals surface area contributed by atoms with Crippen LogP contribution in [0.4, 0.5) is 0 Å². The summed E-state index contributed by atoms with van der Waals surface area (Å²) in [6, 6.07) is 13.1. The first kappa shape index (κ1) is 18.7. The van der Waals surface area contributed by atoms with Gasteiger partial charge in [-0.05, 0) is 61.9 Å². The summed E-state index contributed by atoms with van der Waals surface area (Å²) < 4.78 is 0. The molecule has 0 bridgehead atoms. The Morgan fingerprint density at radius 1 is 1.23 bits per heavy atom. The summed E-state index contributed by atoms with van der Waals surface area (Å²) in [6.07, 6.45) is 5.30. The van der Waals surface area contributed by atoms with E-state index in [9.17, 15) is 4.79 Å². The molecule has 1 fully saturated rings. The first-order chi connectivity index (χ1) is 12.5. The lowest BCUT2D eigenvalue weighted by atomic mass is 10.00. The van der Waals surface area contributed by atoms with Crippen LogP contribution in [0, 0.1) is 5.92 Å². The molecule has 140 valence electrons. The van der Waals surface area contributed by atoms with E-state index in [4.69, 9.17) is 0 Å². The van der Waals surface area contributed by atoms with Crippen LogP contribution in [0.25, 0.3) is 0 Å². The highest BCUT2D eigenvalue weighted by molar-refractivity contribution is 5.78. The smallest absolute Gasteiger partial charge is 0.234 e. The molecule has 0 saturated carbocycles. The van der Waals surface area contributed by atoms with Gasteiger partial charge >= 0.3 is 0 Å². The van der Waals surface area contributed by atoms with Crippen molar-refractivity contribution in [2.75, 3.05) is 13.1 Å². The minimum atomic E-state index is 0.0298. The topological polar surface area (TPSA) is 48.1 Å². The lowest BCUT2D eigenvalue weighted by molar-refractivity contribution is -0.123. The molecule has 1 aliphatic rings. The van der Waals surface area contributed by atoms with Crippen molar-refractivity contribution in [2.24, 2.45) is 5.92 Å². The van der Waals surface area contributed by atoms with Crippen LogP contribution in [0.2, 0.25) is 0 Å². The molecule has 2 aromatic rings. The van der Waals surface area contributed by atoms with E-state index in [2.05, 4.69) is 66.3 Å². The number of likely N-dealkylation sites (tertiary alicyclic amines) is 1. The molecule has 0 spiro atoms. The molecule has 4 heteroatoms. The summed E-state index contributed by atoms with van der Waals surface area (Å²) >= 11 is 0. The zero-order valence-corrected chi connectivity index (χ0v) is 16.2. The first-order valence-corrected chi connectivity index (χ1v) is 9.78. The number of nitrogens with one attached hydrogen (secondary N) is 2. The highest BCUT2D eigenvalue weighted by Gasteiger charge is 2.28. The van der Waals surface area contributed by atoms with Gasteiger partial charge in [0.15, 0.2) is 0 Å². The standard InChI is InChI=1S/C22H31N3O/c1-16(2)14-18-8-10-19(11-9-18)17(3)24-22(26)15-25-13-5-7-21(25)20-6-4-12-23-20/h4,6,8-12,16-17,21,23H,5,7,13-15H2,1-3H3,(H,24,26). The number of amides is 1. The van der Waals surface area contributed by atoms with Gasteiger partial charge < -0.3 is 10.3 Å². The van der Waals surface area contributed by atoms with Crippen LogP contribution in [0.3, 0.4) is 0 Å². The normalized spacial score (nSPS) is 19.0. The van der Waals surface area contributed by atoms with E-state index in [0.717, 1.165) is 31.4 Å². The van der Waals surface area contributed by atoms with Crippen LogP contribution >= 0.6 is 0 Å². The second kappa shape index (κ2) is 8.54. The quantitative estimate of drug-likeness (QED) is 0.783. The number of benzene rings is 1. The number of nitrogens with zero attached hydrogens (tertiary/aromatic N) is 1. The molecular weight excluding hydrogens is 322 g/mol. The second-order valence-electron chi connectivity index (χ2n) is 7.88. The van der Waals surface area contributed by atoms with E-state index >= 15 is 0 Å². The number of aromatic nitrogens is 1. The lowest BCUT2D eigenvalue weighted by Gasteiger charge is -2.24. The maximum absolute atomic E-state index is 12.5. The van der Waals surface area contributed by atoms with Gasteiger partial charge in [-0.3, -0.25) is 9.69 Å². The third-order valence-corrected chi connectivity index (χ3v) is 5.19. The van der Waals surface area contributed by atoms with Gasteiger partial charge in [-0.25, -0.2) is 0 Å². The monoisotopic (exact) mass is 353 g/mol. The Labute approximate surface area is 157 Å². The number of aromatic amines is 1. The largest absolute Gasteiger partial charge is 0.364 e. The van der Waals surface area contributed by atoms with Crippen LogP contribution in [0.1, 0.15) is 62.5 Å². The summed E-state index contributed by atoms with van der Waals surface area (Å²) in [6.45, 7) is 7.96. The number of carbonyl (C=O) groups is 1. The van der Waals surface area contributed by atoms with Gasteiger partial charge in [0.05, 0.1) is 18.6 Å². The number of H-pyrrole nitrogens is 1. The molecule has 0 radical (unpaired) electrons. The minimum absolute atomic E-state index is 0.0298. The number of carbonyl (C=O) groups excluding carboxylic acids is 1. The summed E-state index contributed by atoms with van der Waals surface area (Å²) in [5.74, 6) is 0.758. The Bertz CT molecular complexity index is 691. The van der Waals surface area contributed by atoms with E-state index in [1.165, 1.54) is 11.3 Å². The molecule has 1 aromatic heterocycles. The van der Waals surface area contributed by atoms with Crippen LogP contribution < -0.4 is 5.32 Å². The number of hydrogen-bond donors (Lipinski definition) is 2. The summed E-state index contributed by atoms with van der Waals surface area (Å²) in [7, 11) is 0. The summed E-state index contributed by atoms with van der Waals surface area (Å²) in [5, 5.41) is 3.16. The Morgan fingerprint density at radius 2 is 2.00 bits per heavy atom. The van der Waals surface area contributed by atoms with Gasteiger partial charge in [0.1, 0.15) is 0 Å². The third-order valence-electron chi connectivity index (χ3n) is 5.19. The van der Waals surface area contributed by atoms with Gasteiger partial charge in [-0.1, -0.05) is 38.1 Å². The highest BCUT2D eigenvalue weighted by Crippen LogP contribution is 2.30. The second-order valence-corrected chi connectivity index (χ2v) is 7.88. The predicted molar refractivity (Wildman–Crippen MR) is 106 cm³/mol. The molecule has 2 unspecified atom stereocenters. The minimum Gasteiger partial charge on any atom is -0.364 e. The summed E-state index contributed by atoms with van der Waals surface area (Å²) in [5.41, 5.74) is 3.73. The fraction of sp³-hybridized carbons (Fsp3) is 0.500. The number of hydrogen-bond acceptors (Lipinski definition) is 2. The Morgan fingerprint density at radius 3 is 2.65 bits per heavy atom. The molecule has 1 aromatic carbocycles. The molecule has 4 nitrogen and oxygen atoms in total. The van der Waals surface area contributed by atoms with E-state index in [-0.39, 0.29) is 11.9 Å². The van der Waals surface area contributed by atoms with Gasteiger partial charge in [0.25, 0.3) is 0 Å². The van der Waals surface area contributed by atoms with E-state index < -0.39 is 0 Å². The molecule has 3 rings (SSSR count). The van der Waals surface area contributed by atoms with Gasteiger partial charge in [0.2, 0.25) is 5.91 Å². The van der Waals surface area contributed by atoms with Crippen molar-refractivity contribution in [3.05, 3.63) is 59.4 Å². The van der Waals surface area contributed by atoms with Crippen molar-refractivity contribution >= 4 is 5.91 Å². The fourth-order valence-electron chi connectivity index (χ4n) is 3.89. The highest BCUT2D eigenvalue weighted by atomic mass is 16.2. The molecule has 2 atom stereocenters. The van der Waals surface area contributed by atoms with E-state index in [1.54, 1.807) is 0 Å². The molecule has 2 heterocycles. The maximum atomic E-state index is 12.5. The van der Waals surface area contributed by atoms with Crippen molar-refractivity contribution in [1.29, 1.82) is 0 Å². The van der Waals surface area contributed by atoms with Gasteiger partial charge in [-0.2, -0.15) is 0 Å². The first-order valence-electron chi connectivity index (χ1n) is 9.78. The Kier molecular flexibility index (Phi) is 6.15. The molecule has 1 amide bonds. The average Bonchev–Trinajstić information content (AvgIpc) is 3.25. The summed E-state index contributed by atoms with van der Waals surface area (Å²) in [4.78, 5) is 18.1. The zero-order chi connectivity index (χ0) is 18.5. The van der Waals surface area contributed by atoms with Crippen LogP contribution in [-0.2, 0) is 11.2 Å². The van der Waals surface area contributed by atoms with E-state index in [0.29, 0.717) is 18.5 Å². The molecule has 0 aliphatic carbocycles. The van der Waals surface area contributed by atoms with Crippen molar-refractivity contribution in [3.63, 3.8) is 0 Å². The molecular formula is C22H31N3O. The van der Waals surface area contributed by atoms with Gasteiger partial charge in [0, 0.05) is 11.9 Å². The zero-order valence-electron chi connectivity index (χ0n) is 16.2. The van der Waals surface area contributed by atoms with E-state index in [1.807, 2.05) is 12.3 Å². The van der Waals surface area contributed by atoms with Crippen molar-refractivity contribution in [1.82, 2.24) is 15.2 Å². The molecule has 1 saturated heterocycles. The fourth-order valence-corrected chi connectivity index (χ4v) is 3.89. The van der Waals surface area contributed by atoms with Crippen LogP contribution in [-0.4, -0.2) is 28.9 Å². The third kappa shape index (κ3) is 4.76. The maximum Gasteiger partial charge on any atom is 0.234 e. The van der Waals surface area contributed by atoms with Crippen LogP contribution in [0.15, 0.2) is 42.6 Å². The molecule has 1 aliphatic heterocycles.